The monoisotopic (exact) mass is 404 g/mol. The fraction of sp³-hybridized carbons (Fsp3) is 0.304. The first-order valence-corrected chi connectivity index (χ1v) is 10.1. The van der Waals surface area contributed by atoms with E-state index in [2.05, 4.69) is 15.3 Å². The molecule has 0 radical (unpaired) electrons. The summed E-state index contributed by atoms with van der Waals surface area (Å²) < 4.78 is 0. The molecule has 0 bridgehead atoms. The maximum atomic E-state index is 12.9. The number of aromatic amines is 1. The van der Waals surface area contributed by atoms with Gasteiger partial charge in [0.1, 0.15) is 11.2 Å². The zero-order valence-electron chi connectivity index (χ0n) is 16.9. The van der Waals surface area contributed by atoms with Crippen molar-refractivity contribution in [2.75, 3.05) is 13.1 Å². The average molecular weight is 404 g/mol. The van der Waals surface area contributed by atoms with E-state index < -0.39 is 0 Å². The Labute approximate surface area is 174 Å². The molecule has 0 spiro atoms. The highest BCUT2D eigenvalue weighted by atomic mass is 16.2. The predicted octanol–water partition coefficient (Wildman–Crippen LogP) is 2.40. The highest BCUT2D eigenvalue weighted by Crippen LogP contribution is 2.19. The summed E-state index contributed by atoms with van der Waals surface area (Å²) in [6, 6.07) is 13.2. The third kappa shape index (κ3) is 4.10. The van der Waals surface area contributed by atoms with Crippen molar-refractivity contribution in [3.63, 3.8) is 0 Å². The van der Waals surface area contributed by atoms with Crippen molar-refractivity contribution >= 4 is 22.8 Å². The number of likely N-dealkylation sites (tertiary alicyclic amines) is 1. The van der Waals surface area contributed by atoms with Crippen LogP contribution in [0.5, 0.6) is 0 Å². The van der Waals surface area contributed by atoms with Crippen molar-refractivity contribution in [1.29, 1.82) is 0 Å². The van der Waals surface area contributed by atoms with Gasteiger partial charge in [-0.2, -0.15) is 0 Å². The van der Waals surface area contributed by atoms with Crippen LogP contribution < -0.4 is 10.7 Å². The molecule has 0 aliphatic carbocycles. The van der Waals surface area contributed by atoms with Gasteiger partial charge in [-0.1, -0.05) is 30.3 Å². The summed E-state index contributed by atoms with van der Waals surface area (Å²) in [6.45, 7) is 3.24. The van der Waals surface area contributed by atoms with E-state index in [0.717, 1.165) is 11.3 Å². The van der Waals surface area contributed by atoms with Crippen molar-refractivity contribution in [3.05, 3.63) is 75.7 Å². The summed E-state index contributed by atoms with van der Waals surface area (Å²) in [5, 5.41) is 3.38. The largest absolute Gasteiger partial charge is 0.352 e. The van der Waals surface area contributed by atoms with Crippen molar-refractivity contribution in [1.82, 2.24) is 20.2 Å². The Bertz CT molecular complexity index is 1130. The van der Waals surface area contributed by atoms with E-state index >= 15 is 0 Å². The number of pyridine rings is 2. The number of aryl methyl sites for hydroxylation is 1. The molecule has 1 saturated heterocycles. The Kier molecular flexibility index (Phi) is 5.61. The molecule has 7 heteroatoms. The number of rotatable bonds is 4. The third-order valence-corrected chi connectivity index (χ3v) is 5.57. The smallest absolute Gasteiger partial charge is 0.259 e. The van der Waals surface area contributed by atoms with Crippen LogP contribution in [0, 0.1) is 12.8 Å². The molecule has 154 valence electrons. The van der Waals surface area contributed by atoms with E-state index in [1.165, 1.54) is 6.20 Å². The summed E-state index contributed by atoms with van der Waals surface area (Å²) in [7, 11) is 0. The fourth-order valence-electron chi connectivity index (χ4n) is 3.80. The molecule has 2 aromatic heterocycles. The quantitative estimate of drug-likeness (QED) is 0.698. The zero-order valence-corrected chi connectivity index (χ0v) is 16.9. The van der Waals surface area contributed by atoms with Crippen LogP contribution in [0.4, 0.5) is 0 Å². The normalized spacial score (nSPS) is 14.6. The Morgan fingerprint density at radius 2 is 1.87 bits per heavy atom. The molecule has 1 aliphatic heterocycles. The molecule has 2 amide bonds. The Balaban J connectivity index is 1.38. The van der Waals surface area contributed by atoms with Gasteiger partial charge in [0.15, 0.2) is 0 Å². The molecule has 1 fully saturated rings. The summed E-state index contributed by atoms with van der Waals surface area (Å²) in [5.41, 5.74) is 2.12. The van der Waals surface area contributed by atoms with Gasteiger partial charge in [-0.15, -0.1) is 0 Å². The first kappa shape index (κ1) is 19.8. The van der Waals surface area contributed by atoms with Crippen LogP contribution in [-0.2, 0) is 11.3 Å². The van der Waals surface area contributed by atoms with E-state index in [9.17, 15) is 14.4 Å². The number of hydrogen-bond donors (Lipinski definition) is 2. The van der Waals surface area contributed by atoms with Crippen molar-refractivity contribution < 1.29 is 9.59 Å². The van der Waals surface area contributed by atoms with Crippen LogP contribution in [0.3, 0.4) is 0 Å². The maximum absolute atomic E-state index is 12.9. The molecule has 0 unspecified atom stereocenters. The molecule has 1 aromatic carbocycles. The minimum atomic E-state index is -0.316. The number of piperidine rings is 1. The average Bonchev–Trinajstić information content (AvgIpc) is 2.78. The number of hydrogen-bond acceptors (Lipinski definition) is 4. The van der Waals surface area contributed by atoms with E-state index in [-0.39, 0.29) is 28.7 Å². The van der Waals surface area contributed by atoms with Crippen LogP contribution in [0.15, 0.2) is 53.5 Å². The van der Waals surface area contributed by atoms with Crippen LogP contribution >= 0.6 is 0 Å². The van der Waals surface area contributed by atoms with E-state index in [1.54, 1.807) is 17.0 Å². The van der Waals surface area contributed by atoms with Crippen LogP contribution in [-0.4, -0.2) is 39.8 Å². The third-order valence-electron chi connectivity index (χ3n) is 5.57. The van der Waals surface area contributed by atoms with Crippen LogP contribution in [0.1, 0.15) is 34.5 Å². The molecule has 0 saturated carbocycles. The molecule has 0 atom stereocenters. The second-order valence-corrected chi connectivity index (χ2v) is 7.65. The highest BCUT2D eigenvalue weighted by molar-refractivity contribution is 5.96. The number of benzene rings is 1. The Morgan fingerprint density at radius 3 is 2.60 bits per heavy atom. The van der Waals surface area contributed by atoms with Gasteiger partial charge in [-0.25, -0.2) is 4.98 Å². The van der Waals surface area contributed by atoms with Gasteiger partial charge >= 0.3 is 0 Å². The zero-order chi connectivity index (χ0) is 21.1. The molecule has 4 rings (SSSR count). The molecule has 3 heterocycles. The molecule has 7 nitrogen and oxygen atoms in total. The number of carbonyl (C=O) groups excluding carboxylic acids is 2. The predicted molar refractivity (Wildman–Crippen MR) is 114 cm³/mol. The lowest BCUT2D eigenvalue weighted by Gasteiger charge is -2.31. The number of nitrogens with zero attached hydrogens (tertiary/aromatic N) is 2. The molecule has 2 N–H and O–H groups in total. The Hall–Kier alpha value is -3.48. The molecule has 3 aromatic rings. The minimum absolute atomic E-state index is 0.0101. The van der Waals surface area contributed by atoms with Gasteiger partial charge in [0, 0.05) is 37.4 Å². The van der Waals surface area contributed by atoms with E-state index in [0.29, 0.717) is 43.5 Å². The van der Waals surface area contributed by atoms with Gasteiger partial charge in [-0.05, 0) is 37.5 Å². The van der Waals surface area contributed by atoms with Crippen molar-refractivity contribution in [2.24, 2.45) is 5.92 Å². The number of fused-ring (bicyclic) bond motifs is 1. The fourth-order valence-corrected chi connectivity index (χ4v) is 3.80. The maximum Gasteiger partial charge on any atom is 0.259 e. The topological polar surface area (TPSA) is 95.2 Å². The van der Waals surface area contributed by atoms with Gasteiger partial charge in [0.25, 0.3) is 5.91 Å². The van der Waals surface area contributed by atoms with E-state index in [1.807, 2.05) is 37.3 Å². The number of aromatic nitrogens is 2. The lowest BCUT2D eigenvalue weighted by atomic mass is 9.95. The van der Waals surface area contributed by atoms with E-state index in [4.69, 9.17) is 0 Å². The van der Waals surface area contributed by atoms with Gasteiger partial charge in [-0.3, -0.25) is 14.4 Å². The first-order valence-electron chi connectivity index (χ1n) is 10.1. The van der Waals surface area contributed by atoms with Gasteiger partial charge in [0.2, 0.25) is 11.3 Å². The second-order valence-electron chi connectivity index (χ2n) is 7.65. The molecule has 1 aliphatic rings. The number of carbonyl (C=O) groups is 2. The number of H-pyrrole nitrogens is 1. The lowest BCUT2D eigenvalue weighted by molar-refractivity contribution is -0.126. The lowest BCUT2D eigenvalue weighted by Crippen LogP contribution is -2.44. The van der Waals surface area contributed by atoms with Crippen LogP contribution in [0.2, 0.25) is 0 Å². The summed E-state index contributed by atoms with van der Waals surface area (Å²) in [6.07, 6.45) is 2.61. The molecule has 30 heavy (non-hydrogen) atoms. The standard InChI is InChI=1S/C23H24N4O3/c1-15-7-8-18-20(28)19(14-24-21(18)26-15)23(30)27-11-9-17(10-12-27)22(29)25-13-16-5-3-2-4-6-16/h2-8,14,17H,9-13H2,1H3,(H,25,29)(H,24,26,28). The SMILES string of the molecule is Cc1ccc2c(=O)c(C(=O)N3CCC(C(=O)NCc4ccccc4)CC3)c[nH]c2n1. The summed E-state index contributed by atoms with van der Waals surface area (Å²) >= 11 is 0. The second kappa shape index (κ2) is 8.49. The summed E-state index contributed by atoms with van der Waals surface area (Å²) in [5.74, 6) is -0.419. The van der Waals surface area contributed by atoms with Crippen molar-refractivity contribution in [2.45, 2.75) is 26.3 Å². The number of amides is 2. The Morgan fingerprint density at radius 1 is 1.13 bits per heavy atom. The number of nitrogens with one attached hydrogen (secondary N) is 2. The minimum Gasteiger partial charge on any atom is -0.352 e. The van der Waals surface area contributed by atoms with Crippen molar-refractivity contribution in [3.8, 4) is 0 Å². The van der Waals surface area contributed by atoms with Crippen LogP contribution in [0.25, 0.3) is 11.0 Å². The summed E-state index contributed by atoms with van der Waals surface area (Å²) in [4.78, 5) is 47.0. The molecular weight excluding hydrogens is 380 g/mol. The molecular formula is C23H24N4O3. The van der Waals surface area contributed by atoms with Gasteiger partial charge in [0.05, 0.1) is 5.39 Å². The first-order chi connectivity index (χ1) is 14.5. The van der Waals surface area contributed by atoms with Gasteiger partial charge < -0.3 is 15.2 Å². The highest BCUT2D eigenvalue weighted by Gasteiger charge is 2.29.